The Balaban J connectivity index is 1.74. The van der Waals surface area contributed by atoms with Crippen molar-refractivity contribution in [1.82, 2.24) is 4.90 Å². The van der Waals surface area contributed by atoms with Gasteiger partial charge in [0.15, 0.2) is 12.4 Å². The molecule has 0 atom stereocenters. The Bertz CT molecular complexity index is 774. The lowest BCUT2D eigenvalue weighted by Crippen LogP contribution is -2.43. The van der Waals surface area contributed by atoms with E-state index in [4.69, 9.17) is 15.2 Å². The molecule has 2 rings (SSSR count). The van der Waals surface area contributed by atoms with Crippen LogP contribution in [0.5, 0.6) is 5.75 Å². The maximum atomic E-state index is 12.1. The first-order chi connectivity index (χ1) is 13.8. The van der Waals surface area contributed by atoms with Crippen molar-refractivity contribution in [3.8, 4) is 5.75 Å². The molecule has 8 nitrogen and oxygen atoms in total. The summed E-state index contributed by atoms with van der Waals surface area (Å²) in [5.41, 5.74) is 6.67. The van der Waals surface area contributed by atoms with Gasteiger partial charge >= 0.3 is 5.97 Å². The zero-order valence-electron chi connectivity index (χ0n) is 16.6. The van der Waals surface area contributed by atoms with Crippen LogP contribution in [-0.2, 0) is 24.9 Å². The van der Waals surface area contributed by atoms with Gasteiger partial charge in [0, 0.05) is 35.9 Å². The summed E-state index contributed by atoms with van der Waals surface area (Å²) in [6.45, 7) is 2.04. The van der Waals surface area contributed by atoms with E-state index in [0.717, 1.165) is 5.56 Å². The number of rotatable bonds is 9. The van der Waals surface area contributed by atoms with Gasteiger partial charge in [-0.2, -0.15) is 0 Å². The normalized spacial score (nSPS) is 14.3. The van der Waals surface area contributed by atoms with Crippen LogP contribution in [0.15, 0.2) is 18.2 Å². The Hall–Kier alpha value is -2.55. The number of hydrogen-bond donors (Lipinski definition) is 1. The number of methoxy groups -OCH3 is 1. The van der Waals surface area contributed by atoms with Crippen molar-refractivity contribution in [3.05, 3.63) is 29.3 Å². The number of esters is 1. The van der Waals surface area contributed by atoms with Gasteiger partial charge in [-0.05, 0) is 38.0 Å². The van der Waals surface area contributed by atoms with Crippen LogP contribution >= 0.6 is 11.8 Å². The molecule has 0 radical (unpaired) electrons. The van der Waals surface area contributed by atoms with E-state index in [-0.39, 0.29) is 35.9 Å². The van der Waals surface area contributed by atoms with Crippen LogP contribution < -0.4 is 10.5 Å². The number of thioether (sulfide) groups is 1. The van der Waals surface area contributed by atoms with Crippen molar-refractivity contribution in [2.24, 2.45) is 11.7 Å². The van der Waals surface area contributed by atoms with Gasteiger partial charge in [0.2, 0.25) is 5.91 Å². The largest absolute Gasteiger partial charge is 0.496 e. The molecule has 1 aliphatic heterocycles. The molecule has 158 valence electrons. The van der Waals surface area contributed by atoms with Crippen LogP contribution in [0, 0.1) is 5.92 Å². The Morgan fingerprint density at radius 2 is 1.90 bits per heavy atom. The van der Waals surface area contributed by atoms with Gasteiger partial charge in [0.25, 0.3) is 5.91 Å². The van der Waals surface area contributed by atoms with Gasteiger partial charge in [-0.1, -0.05) is 0 Å². The third-order valence-corrected chi connectivity index (χ3v) is 5.73. The monoisotopic (exact) mass is 422 g/mol. The minimum atomic E-state index is -0.489. The fourth-order valence-corrected chi connectivity index (χ4v) is 3.84. The maximum Gasteiger partial charge on any atom is 0.316 e. The number of benzene rings is 1. The summed E-state index contributed by atoms with van der Waals surface area (Å²) in [4.78, 5) is 48.3. The summed E-state index contributed by atoms with van der Waals surface area (Å²) >= 11 is 1.31. The highest BCUT2D eigenvalue weighted by Gasteiger charge is 2.26. The summed E-state index contributed by atoms with van der Waals surface area (Å²) in [5.74, 6) is -0.165. The molecule has 0 bridgehead atoms. The van der Waals surface area contributed by atoms with E-state index in [1.165, 1.54) is 18.7 Å². The Morgan fingerprint density at radius 3 is 2.48 bits per heavy atom. The SMILES string of the molecule is COc1ccc(C(C)=O)cc1CSCC(=O)OCC(=O)N1CCC(C(N)=O)CC1. The summed E-state index contributed by atoms with van der Waals surface area (Å²) in [7, 11) is 1.54. The molecule has 0 aliphatic carbocycles. The fourth-order valence-electron chi connectivity index (χ4n) is 3.04. The van der Waals surface area contributed by atoms with Gasteiger partial charge in [-0.3, -0.25) is 19.2 Å². The molecule has 1 heterocycles. The number of Topliss-reactive ketones (excluding diaryl/α,β-unsaturated/α-hetero) is 1. The van der Waals surface area contributed by atoms with Crippen LogP contribution in [0.2, 0.25) is 0 Å². The number of carbonyl (C=O) groups is 4. The van der Waals surface area contributed by atoms with Crippen LogP contribution in [-0.4, -0.2) is 61.0 Å². The van der Waals surface area contributed by atoms with Crippen molar-refractivity contribution >= 4 is 35.3 Å². The van der Waals surface area contributed by atoms with Crippen LogP contribution in [0.25, 0.3) is 0 Å². The first-order valence-corrected chi connectivity index (χ1v) is 10.5. The second-order valence-electron chi connectivity index (χ2n) is 6.79. The molecular formula is C20H26N2O6S. The van der Waals surface area contributed by atoms with Crippen LogP contribution in [0.3, 0.4) is 0 Å². The van der Waals surface area contributed by atoms with Gasteiger partial charge < -0.3 is 20.1 Å². The van der Waals surface area contributed by atoms with E-state index >= 15 is 0 Å². The standard InChI is InChI=1S/C20H26N2O6S/c1-13(23)15-3-4-17(27-2)16(9-15)11-29-12-19(25)28-10-18(24)22-7-5-14(6-8-22)20(21)26/h3-4,9,14H,5-8,10-12H2,1-2H3,(H2,21,26). The molecular weight excluding hydrogens is 396 g/mol. The van der Waals surface area contributed by atoms with Gasteiger partial charge in [0.1, 0.15) is 5.75 Å². The molecule has 0 saturated carbocycles. The molecule has 1 fully saturated rings. The highest BCUT2D eigenvalue weighted by Crippen LogP contribution is 2.25. The van der Waals surface area contributed by atoms with Crippen molar-refractivity contribution < 1.29 is 28.7 Å². The number of likely N-dealkylation sites (tertiary alicyclic amines) is 1. The Morgan fingerprint density at radius 1 is 1.21 bits per heavy atom. The predicted molar refractivity (Wildman–Crippen MR) is 109 cm³/mol. The molecule has 1 aliphatic rings. The molecule has 2 amide bonds. The molecule has 1 saturated heterocycles. The molecule has 1 aromatic carbocycles. The first-order valence-electron chi connectivity index (χ1n) is 9.30. The molecule has 1 aromatic rings. The number of hydrogen-bond acceptors (Lipinski definition) is 7. The number of piperidine rings is 1. The summed E-state index contributed by atoms with van der Waals surface area (Å²) in [6.07, 6.45) is 1.07. The smallest absolute Gasteiger partial charge is 0.316 e. The molecule has 2 N–H and O–H groups in total. The number of nitrogens with two attached hydrogens (primary N) is 1. The molecule has 0 aromatic heterocycles. The van der Waals surface area contributed by atoms with Gasteiger partial charge in [-0.25, -0.2) is 0 Å². The molecule has 0 unspecified atom stereocenters. The van der Waals surface area contributed by atoms with Crippen LogP contribution in [0.1, 0.15) is 35.7 Å². The van der Waals surface area contributed by atoms with E-state index in [0.29, 0.717) is 43.0 Å². The second-order valence-corrected chi connectivity index (χ2v) is 7.78. The van der Waals surface area contributed by atoms with Gasteiger partial charge in [0.05, 0.1) is 12.9 Å². The number of ether oxygens (including phenoxy) is 2. The van der Waals surface area contributed by atoms with Crippen molar-refractivity contribution in [2.45, 2.75) is 25.5 Å². The number of primary amides is 1. The maximum absolute atomic E-state index is 12.1. The van der Waals surface area contributed by atoms with Crippen molar-refractivity contribution in [3.63, 3.8) is 0 Å². The fraction of sp³-hybridized carbons (Fsp3) is 0.500. The molecule has 29 heavy (non-hydrogen) atoms. The lowest BCUT2D eigenvalue weighted by molar-refractivity contribution is -0.150. The summed E-state index contributed by atoms with van der Waals surface area (Å²) in [5, 5.41) is 0. The first kappa shape index (κ1) is 22.7. The predicted octanol–water partition coefficient (Wildman–Crippen LogP) is 1.40. The highest BCUT2D eigenvalue weighted by atomic mass is 32.2. The zero-order chi connectivity index (χ0) is 21.4. The second kappa shape index (κ2) is 10.8. The minimum absolute atomic E-state index is 0.0447. The third kappa shape index (κ3) is 6.77. The number of nitrogens with zero attached hydrogens (tertiary/aromatic N) is 1. The quantitative estimate of drug-likeness (QED) is 0.472. The summed E-state index contributed by atoms with van der Waals surface area (Å²) in [6, 6.07) is 5.17. The summed E-state index contributed by atoms with van der Waals surface area (Å²) < 4.78 is 10.3. The van der Waals surface area contributed by atoms with E-state index < -0.39 is 5.97 Å². The lowest BCUT2D eigenvalue weighted by atomic mass is 9.96. The average Bonchev–Trinajstić information content (AvgIpc) is 2.71. The van der Waals surface area contributed by atoms with E-state index in [1.807, 2.05) is 0 Å². The van der Waals surface area contributed by atoms with Crippen molar-refractivity contribution in [2.75, 3.05) is 32.6 Å². The highest BCUT2D eigenvalue weighted by molar-refractivity contribution is 7.99. The topological polar surface area (TPSA) is 116 Å². The van der Waals surface area contributed by atoms with E-state index in [2.05, 4.69) is 0 Å². The third-order valence-electron chi connectivity index (χ3n) is 4.77. The van der Waals surface area contributed by atoms with Crippen LogP contribution in [0.4, 0.5) is 0 Å². The van der Waals surface area contributed by atoms with E-state index in [1.54, 1.807) is 30.2 Å². The average molecular weight is 423 g/mol. The van der Waals surface area contributed by atoms with Gasteiger partial charge in [-0.15, -0.1) is 11.8 Å². The van der Waals surface area contributed by atoms with Crippen molar-refractivity contribution in [1.29, 1.82) is 0 Å². The minimum Gasteiger partial charge on any atom is -0.496 e. The lowest BCUT2D eigenvalue weighted by Gasteiger charge is -2.30. The Kier molecular flexibility index (Phi) is 8.50. The van der Waals surface area contributed by atoms with E-state index in [9.17, 15) is 19.2 Å². The number of carbonyl (C=O) groups excluding carboxylic acids is 4. The zero-order valence-corrected chi connectivity index (χ0v) is 17.5. The number of ketones is 1. The Labute approximate surface area is 174 Å². The molecule has 9 heteroatoms. The molecule has 0 spiro atoms. The number of amides is 2.